The smallest absolute Gasteiger partial charge is 0.255 e. The Morgan fingerprint density at radius 2 is 1.79 bits per heavy atom. The number of benzene rings is 2. The quantitative estimate of drug-likeness (QED) is 0.926. The molecule has 1 aliphatic rings. The third kappa shape index (κ3) is 3.48. The molecule has 1 aliphatic heterocycles. The SMILES string of the molecule is Cc1ccc(C(=O)Nc2ccc(N3CCCCC3=O)cc2)c(C)c1. The minimum Gasteiger partial charge on any atom is -0.322 e. The predicted octanol–water partition coefficient (Wildman–Crippen LogP) is 4.07. The summed E-state index contributed by atoms with van der Waals surface area (Å²) in [5.74, 6) is 0.0580. The number of amides is 2. The van der Waals surface area contributed by atoms with Gasteiger partial charge in [0.25, 0.3) is 5.91 Å². The van der Waals surface area contributed by atoms with E-state index in [-0.39, 0.29) is 11.8 Å². The number of hydrogen-bond donors (Lipinski definition) is 1. The van der Waals surface area contributed by atoms with Crippen molar-refractivity contribution in [2.75, 3.05) is 16.8 Å². The van der Waals surface area contributed by atoms with Crippen LogP contribution in [0.15, 0.2) is 42.5 Å². The number of nitrogens with one attached hydrogen (secondary N) is 1. The molecule has 124 valence electrons. The first-order chi connectivity index (χ1) is 11.5. The topological polar surface area (TPSA) is 49.4 Å². The van der Waals surface area contributed by atoms with Crippen LogP contribution in [0.25, 0.3) is 0 Å². The van der Waals surface area contributed by atoms with Gasteiger partial charge >= 0.3 is 0 Å². The van der Waals surface area contributed by atoms with Crippen molar-refractivity contribution in [2.24, 2.45) is 0 Å². The first kappa shape index (κ1) is 16.2. The normalized spacial score (nSPS) is 14.6. The van der Waals surface area contributed by atoms with Gasteiger partial charge in [0.15, 0.2) is 0 Å². The van der Waals surface area contributed by atoms with E-state index in [9.17, 15) is 9.59 Å². The van der Waals surface area contributed by atoms with E-state index >= 15 is 0 Å². The van der Waals surface area contributed by atoms with E-state index < -0.39 is 0 Å². The molecule has 1 fully saturated rings. The molecule has 4 heteroatoms. The van der Waals surface area contributed by atoms with E-state index in [1.54, 1.807) is 0 Å². The molecule has 0 saturated carbocycles. The summed E-state index contributed by atoms with van der Waals surface area (Å²) in [7, 11) is 0. The number of hydrogen-bond acceptors (Lipinski definition) is 2. The molecular weight excluding hydrogens is 300 g/mol. The van der Waals surface area contributed by atoms with Crippen LogP contribution in [0.3, 0.4) is 0 Å². The van der Waals surface area contributed by atoms with Crippen LogP contribution in [0.4, 0.5) is 11.4 Å². The molecule has 0 aliphatic carbocycles. The molecule has 0 spiro atoms. The lowest BCUT2D eigenvalue weighted by molar-refractivity contribution is -0.119. The first-order valence-corrected chi connectivity index (χ1v) is 8.33. The first-order valence-electron chi connectivity index (χ1n) is 8.33. The summed E-state index contributed by atoms with van der Waals surface area (Å²) < 4.78 is 0. The Kier molecular flexibility index (Phi) is 4.65. The molecular formula is C20H22N2O2. The second-order valence-corrected chi connectivity index (χ2v) is 6.32. The highest BCUT2D eigenvalue weighted by atomic mass is 16.2. The molecule has 3 rings (SSSR count). The highest BCUT2D eigenvalue weighted by Crippen LogP contribution is 2.23. The summed E-state index contributed by atoms with van der Waals surface area (Å²) in [5.41, 5.74) is 4.40. The molecule has 0 atom stereocenters. The fourth-order valence-corrected chi connectivity index (χ4v) is 3.07. The molecule has 1 saturated heterocycles. The molecule has 4 nitrogen and oxygen atoms in total. The van der Waals surface area contributed by atoms with Crippen molar-refractivity contribution in [1.82, 2.24) is 0 Å². The Morgan fingerprint density at radius 3 is 2.46 bits per heavy atom. The Labute approximate surface area is 142 Å². The second-order valence-electron chi connectivity index (χ2n) is 6.32. The van der Waals surface area contributed by atoms with Crippen molar-refractivity contribution in [3.05, 3.63) is 59.2 Å². The number of aryl methyl sites for hydroxylation is 2. The van der Waals surface area contributed by atoms with Gasteiger partial charge in [-0.2, -0.15) is 0 Å². The molecule has 0 unspecified atom stereocenters. The second kappa shape index (κ2) is 6.87. The zero-order valence-electron chi connectivity index (χ0n) is 14.1. The fourth-order valence-electron chi connectivity index (χ4n) is 3.07. The van der Waals surface area contributed by atoms with Gasteiger partial charge in [-0.1, -0.05) is 17.7 Å². The van der Waals surface area contributed by atoms with Gasteiger partial charge < -0.3 is 10.2 Å². The highest BCUT2D eigenvalue weighted by molar-refractivity contribution is 6.05. The lowest BCUT2D eigenvalue weighted by Crippen LogP contribution is -2.35. The summed E-state index contributed by atoms with van der Waals surface area (Å²) in [6.07, 6.45) is 2.63. The van der Waals surface area contributed by atoms with E-state index in [1.165, 1.54) is 0 Å². The lowest BCUT2D eigenvalue weighted by Gasteiger charge is -2.26. The van der Waals surface area contributed by atoms with Gasteiger partial charge in [-0.25, -0.2) is 0 Å². The third-order valence-corrected chi connectivity index (χ3v) is 4.39. The predicted molar refractivity (Wildman–Crippen MR) is 96.5 cm³/mol. The Morgan fingerprint density at radius 1 is 1.04 bits per heavy atom. The molecule has 0 bridgehead atoms. The summed E-state index contributed by atoms with van der Waals surface area (Å²) >= 11 is 0. The Balaban J connectivity index is 1.72. The van der Waals surface area contributed by atoms with Gasteiger partial charge in [0, 0.05) is 29.9 Å². The average Bonchev–Trinajstić information content (AvgIpc) is 2.56. The van der Waals surface area contributed by atoms with Crippen molar-refractivity contribution in [2.45, 2.75) is 33.1 Å². The molecule has 0 radical (unpaired) electrons. The summed E-state index contributed by atoms with van der Waals surface area (Å²) in [4.78, 5) is 26.2. The van der Waals surface area contributed by atoms with E-state index in [0.29, 0.717) is 12.0 Å². The van der Waals surface area contributed by atoms with Crippen LogP contribution in [-0.4, -0.2) is 18.4 Å². The molecule has 24 heavy (non-hydrogen) atoms. The highest BCUT2D eigenvalue weighted by Gasteiger charge is 2.19. The maximum absolute atomic E-state index is 12.4. The monoisotopic (exact) mass is 322 g/mol. The minimum absolute atomic E-state index is 0.116. The van der Waals surface area contributed by atoms with E-state index in [2.05, 4.69) is 5.32 Å². The van der Waals surface area contributed by atoms with E-state index in [1.807, 2.05) is 61.2 Å². The minimum atomic E-state index is -0.116. The maximum atomic E-state index is 12.4. The summed E-state index contributed by atoms with van der Waals surface area (Å²) in [5, 5.41) is 2.92. The molecule has 2 aromatic rings. The van der Waals surface area contributed by atoms with Crippen LogP contribution in [0, 0.1) is 13.8 Å². The van der Waals surface area contributed by atoms with Crippen LogP contribution < -0.4 is 10.2 Å². The Bertz CT molecular complexity index is 766. The molecule has 2 amide bonds. The molecule has 0 aromatic heterocycles. The number of carbonyl (C=O) groups is 2. The van der Waals surface area contributed by atoms with E-state index in [0.717, 1.165) is 41.9 Å². The van der Waals surface area contributed by atoms with Crippen molar-refractivity contribution in [3.8, 4) is 0 Å². The van der Waals surface area contributed by atoms with Crippen molar-refractivity contribution in [3.63, 3.8) is 0 Å². The van der Waals surface area contributed by atoms with Crippen molar-refractivity contribution in [1.29, 1.82) is 0 Å². The van der Waals surface area contributed by atoms with Crippen LogP contribution in [-0.2, 0) is 4.79 Å². The lowest BCUT2D eigenvalue weighted by atomic mass is 10.1. The standard InChI is InChI=1S/C20H22N2O2/c1-14-6-11-18(15(2)13-14)20(24)21-16-7-9-17(10-8-16)22-12-4-3-5-19(22)23/h6-11,13H,3-5,12H2,1-2H3,(H,21,24). The van der Waals surface area contributed by atoms with Crippen LogP contribution in [0.5, 0.6) is 0 Å². The maximum Gasteiger partial charge on any atom is 0.255 e. The van der Waals surface area contributed by atoms with E-state index in [4.69, 9.17) is 0 Å². The molecule has 2 aromatic carbocycles. The van der Waals surface area contributed by atoms with Crippen molar-refractivity contribution < 1.29 is 9.59 Å². The van der Waals surface area contributed by atoms with Gasteiger partial charge in [-0.05, 0) is 62.6 Å². The van der Waals surface area contributed by atoms with Crippen LogP contribution in [0.1, 0.15) is 40.7 Å². The fraction of sp³-hybridized carbons (Fsp3) is 0.300. The van der Waals surface area contributed by atoms with Gasteiger partial charge in [0.05, 0.1) is 0 Å². The summed E-state index contributed by atoms with van der Waals surface area (Å²) in [6, 6.07) is 13.3. The largest absolute Gasteiger partial charge is 0.322 e. The van der Waals surface area contributed by atoms with Crippen LogP contribution >= 0.6 is 0 Å². The molecule has 1 heterocycles. The van der Waals surface area contributed by atoms with Crippen molar-refractivity contribution >= 4 is 23.2 Å². The Hall–Kier alpha value is -2.62. The zero-order chi connectivity index (χ0) is 17.1. The number of nitrogens with zero attached hydrogens (tertiary/aromatic N) is 1. The summed E-state index contributed by atoms with van der Waals surface area (Å²) in [6.45, 7) is 4.72. The molecule has 1 N–H and O–H groups in total. The number of carbonyl (C=O) groups excluding carboxylic acids is 2. The van der Waals surface area contributed by atoms with Gasteiger partial charge in [-0.15, -0.1) is 0 Å². The van der Waals surface area contributed by atoms with Gasteiger partial charge in [-0.3, -0.25) is 9.59 Å². The third-order valence-electron chi connectivity index (χ3n) is 4.39. The van der Waals surface area contributed by atoms with Gasteiger partial charge in [0.2, 0.25) is 5.91 Å². The average molecular weight is 322 g/mol. The van der Waals surface area contributed by atoms with Crippen LogP contribution in [0.2, 0.25) is 0 Å². The number of rotatable bonds is 3. The zero-order valence-corrected chi connectivity index (χ0v) is 14.1. The number of piperidine rings is 1. The number of anilines is 2. The van der Waals surface area contributed by atoms with Gasteiger partial charge in [0.1, 0.15) is 0 Å².